The second kappa shape index (κ2) is 13.6. The minimum Gasteiger partial charge on any atom is -0.352 e. The number of amides is 1. The van der Waals surface area contributed by atoms with Crippen LogP contribution in [-0.2, 0) is 17.9 Å². The normalized spacial score (nSPS) is 16.0. The molecule has 1 aromatic carbocycles. The molecule has 0 saturated carbocycles. The highest BCUT2D eigenvalue weighted by Crippen LogP contribution is 2.10. The van der Waals surface area contributed by atoms with Crippen molar-refractivity contribution in [1.82, 2.24) is 15.1 Å². The van der Waals surface area contributed by atoms with E-state index in [2.05, 4.69) is 46.4 Å². The van der Waals surface area contributed by atoms with Crippen LogP contribution in [-0.4, -0.2) is 55.5 Å². The molecule has 1 amide bonds. The van der Waals surface area contributed by atoms with E-state index >= 15 is 0 Å². The quantitative estimate of drug-likeness (QED) is 0.748. The Morgan fingerprint density at radius 2 is 1.60 bits per heavy atom. The van der Waals surface area contributed by atoms with Gasteiger partial charge in [0.1, 0.15) is 0 Å². The highest BCUT2D eigenvalue weighted by Gasteiger charge is 2.14. The second-order valence-electron chi connectivity index (χ2n) is 6.25. The van der Waals surface area contributed by atoms with Crippen molar-refractivity contribution < 1.29 is 4.79 Å². The lowest BCUT2D eigenvalue weighted by molar-refractivity contribution is -0.124. The molecule has 146 valence electrons. The number of likely N-dealkylation sites (N-methyl/N-ethyl adjacent to an activating group) is 1. The molecule has 1 aliphatic rings. The predicted molar refractivity (Wildman–Crippen MR) is 111 cm³/mol. The zero-order valence-corrected chi connectivity index (χ0v) is 17.4. The van der Waals surface area contributed by atoms with E-state index in [0.717, 1.165) is 38.3 Å². The fraction of sp³-hybridized carbons (Fsp3) is 0.588. The van der Waals surface area contributed by atoms with Gasteiger partial charge in [0.2, 0.25) is 5.91 Å². The Labute approximate surface area is 169 Å². The first kappa shape index (κ1) is 26.7. The van der Waals surface area contributed by atoms with E-state index in [1.165, 1.54) is 5.56 Å². The zero-order chi connectivity index (χ0) is 15.9. The van der Waals surface area contributed by atoms with Crippen molar-refractivity contribution >= 4 is 43.1 Å². The highest BCUT2D eigenvalue weighted by molar-refractivity contribution is 5.86. The molecule has 0 bridgehead atoms. The van der Waals surface area contributed by atoms with Crippen LogP contribution in [0.15, 0.2) is 24.3 Å². The summed E-state index contributed by atoms with van der Waals surface area (Å²) >= 11 is 0. The molecule has 1 saturated heterocycles. The summed E-state index contributed by atoms with van der Waals surface area (Å²) in [4.78, 5) is 16.6. The molecule has 8 heteroatoms. The molecule has 3 N–H and O–H groups in total. The summed E-state index contributed by atoms with van der Waals surface area (Å²) in [6.45, 7) is 8.34. The average molecular weight is 414 g/mol. The van der Waals surface area contributed by atoms with Gasteiger partial charge in [-0.05, 0) is 18.2 Å². The number of nitrogens with zero attached hydrogens (tertiary/aromatic N) is 2. The van der Waals surface area contributed by atoms with E-state index < -0.39 is 0 Å². The largest absolute Gasteiger partial charge is 0.352 e. The van der Waals surface area contributed by atoms with E-state index in [1.54, 1.807) is 0 Å². The third kappa shape index (κ3) is 9.08. The first-order valence-corrected chi connectivity index (χ1v) is 8.05. The minimum absolute atomic E-state index is 0. The SMILES string of the molecule is CC(CN)C(=O)NCc1ccc(CN2CCN(C)CC2)cc1.Cl.Cl.Cl. The van der Waals surface area contributed by atoms with E-state index in [9.17, 15) is 4.79 Å². The molecule has 1 aliphatic heterocycles. The summed E-state index contributed by atoms with van der Waals surface area (Å²) in [6, 6.07) is 8.51. The first-order chi connectivity index (χ1) is 10.6. The van der Waals surface area contributed by atoms with Gasteiger partial charge in [0.05, 0.1) is 0 Å². The van der Waals surface area contributed by atoms with Crippen LogP contribution in [0.5, 0.6) is 0 Å². The number of benzene rings is 1. The molecule has 2 rings (SSSR count). The third-order valence-electron chi connectivity index (χ3n) is 4.29. The van der Waals surface area contributed by atoms with Gasteiger partial charge >= 0.3 is 0 Å². The van der Waals surface area contributed by atoms with Gasteiger partial charge in [0, 0.05) is 51.7 Å². The number of carbonyl (C=O) groups excluding carboxylic acids is 1. The number of nitrogens with one attached hydrogen (secondary N) is 1. The molecule has 1 atom stereocenters. The molecule has 5 nitrogen and oxygen atoms in total. The van der Waals surface area contributed by atoms with Gasteiger partial charge < -0.3 is 16.0 Å². The smallest absolute Gasteiger partial charge is 0.224 e. The molecule has 1 unspecified atom stereocenters. The molecule has 0 spiro atoms. The van der Waals surface area contributed by atoms with Crippen LogP contribution < -0.4 is 11.1 Å². The van der Waals surface area contributed by atoms with Gasteiger partial charge in [-0.15, -0.1) is 37.2 Å². The number of halogens is 3. The molecule has 1 fully saturated rings. The fourth-order valence-corrected chi connectivity index (χ4v) is 2.50. The van der Waals surface area contributed by atoms with Crippen molar-refractivity contribution in [2.75, 3.05) is 39.8 Å². The monoisotopic (exact) mass is 412 g/mol. The molecular weight excluding hydrogens is 383 g/mol. The van der Waals surface area contributed by atoms with Crippen molar-refractivity contribution in [2.24, 2.45) is 11.7 Å². The second-order valence-corrected chi connectivity index (χ2v) is 6.25. The molecule has 1 aromatic rings. The Kier molecular flexibility index (Phi) is 14.5. The topological polar surface area (TPSA) is 61.6 Å². The number of hydrogen-bond acceptors (Lipinski definition) is 4. The Balaban J connectivity index is 0. The summed E-state index contributed by atoms with van der Waals surface area (Å²) in [5.41, 5.74) is 7.94. The summed E-state index contributed by atoms with van der Waals surface area (Å²) in [7, 11) is 2.17. The van der Waals surface area contributed by atoms with E-state index in [0.29, 0.717) is 13.1 Å². The van der Waals surface area contributed by atoms with Crippen LogP contribution in [0.25, 0.3) is 0 Å². The molecule has 1 heterocycles. The van der Waals surface area contributed by atoms with Crippen LogP contribution in [0.1, 0.15) is 18.1 Å². The Morgan fingerprint density at radius 1 is 1.08 bits per heavy atom. The average Bonchev–Trinajstić information content (AvgIpc) is 2.55. The minimum atomic E-state index is -0.128. The highest BCUT2D eigenvalue weighted by atomic mass is 35.5. The molecule has 0 aliphatic carbocycles. The Hall–Kier alpha value is -0.560. The number of rotatable bonds is 6. The third-order valence-corrected chi connectivity index (χ3v) is 4.29. The summed E-state index contributed by atoms with van der Waals surface area (Å²) < 4.78 is 0. The Bertz CT molecular complexity index is 479. The van der Waals surface area contributed by atoms with Gasteiger partial charge in [-0.1, -0.05) is 31.2 Å². The van der Waals surface area contributed by atoms with E-state index in [4.69, 9.17) is 5.73 Å². The maximum absolute atomic E-state index is 11.7. The lowest BCUT2D eigenvalue weighted by atomic mass is 10.1. The lowest BCUT2D eigenvalue weighted by Crippen LogP contribution is -2.43. The van der Waals surface area contributed by atoms with Crippen molar-refractivity contribution in [3.63, 3.8) is 0 Å². The number of carbonyl (C=O) groups is 1. The molecule has 0 aromatic heterocycles. The summed E-state index contributed by atoms with van der Waals surface area (Å²) in [6.07, 6.45) is 0. The van der Waals surface area contributed by atoms with Gasteiger partial charge in [-0.25, -0.2) is 0 Å². The van der Waals surface area contributed by atoms with Gasteiger partial charge in [0.15, 0.2) is 0 Å². The molecule has 0 radical (unpaired) electrons. The number of piperazine rings is 1. The maximum Gasteiger partial charge on any atom is 0.224 e. The van der Waals surface area contributed by atoms with Crippen LogP contribution in [0, 0.1) is 5.92 Å². The van der Waals surface area contributed by atoms with Gasteiger partial charge in [0.25, 0.3) is 0 Å². The molecular formula is C17H31Cl3N4O. The molecule has 25 heavy (non-hydrogen) atoms. The van der Waals surface area contributed by atoms with Crippen molar-refractivity contribution in [3.05, 3.63) is 35.4 Å². The lowest BCUT2D eigenvalue weighted by Gasteiger charge is -2.32. The van der Waals surface area contributed by atoms with Crippen molar-refractivity contribution in [1.29, 1.82) is 0 Å². The standard InChI is InChI=1S/C17H28N4O.3ClH/c1-14(11-18)17(22)19-12-15-3-5-16(6-4-15)13-21-9-7-20(2)8-10-21;;;/h3-6,14H,7-13,18H2,1-2H3,(H,19,22);3*1H. The van der Waals surface area contributed by atoms with Crippen LogP contribution in [0.4, 0.5) is 0 Å². The number of nitrogens with two attached hydrogens (primary N) is 1. The maximum atomic E-state index is 11.7. The van der Waals surface area contributed by atoms with E-state index in [1.807, 2.05) is 6.92 Å². The number of hydrogen-bond donors (Lipinski definition) is 2. The fourth-order valence-electron chi connectivity index (χ4n) is 2.50. The van der Waals surface area contributed by atoms with Gasteiger partial charge in [-0.2, -0.15) is 0 Å². The van der Waals surface area contributed by atoms with Crippen molar-refractivity contribution in [3.8, 4) is 0 Å². The first-order valence-electron chi connectivity index (χ1n) is 8.05. The van der Waals surface area contributed by atoms with Crippen LogP contribution >= 0.6 is 37.2 Å². The van der Waals surface area contributed by atoms with Crippen LogP contribution in [0.3, 0.4) is 0 Å². The van der Waals surface area contributed by atoms with Gasteiger partial charge in [-0.3, -0.25) is 9.69 Å². The van der Waals surface area contributed by atoms with Crippen molar-refractivity contribution in [2.45, 2.75) is 20.0 Å². The summed E-state index contributed by atoms with van der Waals surface area (Å²) in [5, 5.41) is 2.92. The Morgan fingerprint density at radius 3 is 2.12 bits per heavy atom. The van der Waals surface area contributed by atoms with E-state index in [-0.39, 0.29) is 49.0 Å². The predicted octanol–water partition coefficient (Wildman–Crippen LogP) is 1.91. The zero-order valence-electron chi connectivity index (χ0n) is 14.9. The van der Waals surface area contributed by atoms with Crippen LogP contribution in [0.2, 0.25) is 0 Å². The summed E-state index contributed by atoms with van der Waals surface area (Å²) in [5.74, 6) is -0.111.